The number of hydrogen-bond acceptors (Lipinski definition) is 5. The minimum atomic E-state index is -0.688. The molecule has 0 aliphatic heterocycles. The van der Waals surface area contributed by atoms with E-state index in [9.17, 15) is 9.90 Å². The van der Waals surface area contributed by atoms with Crippen LogP contribution in [0, 0.1) is 18.8 Å². The Morgan fingerprint density at radius 2 is 2.35 bits per heavy atom. The van der Waals surface area contributed by atoms with Gasteiger partial charge in [0.05, 0.1) is 29.0 Å². The largest absolute Gasteiger partial charge is 0.389 e. The Morgan fingerprint density at radius 1 is 1.65 bits per heavy atom. The summed E-state index contributed by atoms with van der Waals surface area (Å²) < 4.78 is 4.84. The maximum atomic E-state index is 12.2. The van der Waals surface area contributed by atoms with Gasteiger partial charge in [-0.2, -0.15) is 0 Å². The Morgan fingerprint density at radius 3 is 2.95 bits per heavy atom. The highest BCUT2D eigenvalue weighted by molar-refractivity contribution is 7.14. The average Bonchev–Trinajstić information content (AvgIpc) is 2.77. The van der Waals surface area contributed by atoms with Crippen molar-refractivity contribution >= 4 is 17.2 Å². The molecule has 0 aromatic carbocycles. The van der Waals surface area contributed by atoms with Gasteiger partial charge in [-0.3, -0.25) is 4.79 Å². The number of nitrogens with two attached hydrogens (primary N) is 1. The highest BCUT2D eigenvalue weighted by atomic mass is 32.1. The molecule has 1 amide bonds. The van der Waals surface area contributed by atoms with Crippen LogP contribution in [0.5, 0.6) is 0 Å². The van der Waals surface area contributed by atoms with Gasteiger partial charge in [-0.05, 0) is 18.6 Å². The van der Waals surface area contributed by atoms with Crippen molar-refractivity contribution in [1.82, 2.24) is 4.90 Å². The van der Waals surface area contributed by atoms with E-state index in [2.05, 4.69) is 11.8 Å². The lowest BCUT2D eigenvalue weighted by atomic mass is 10.2. The van der Waals surface area contributed by atoms with E-state index in [1.54, 1.807) is 7.05 Å². The van der Waals surface area contributed by atoms with Crippen molar-refractivity contribution in [3.8, 4) is 11.8 Å². The van der Waals surface area contributed by atoms with Gasteiger partial charge >= 0.3 is 0 Å². The van der Waals surface area contributed by atoms with Crippen molar-refractivity contribution in [3.63, 3.8) is 0 Å². The van der Waals surface area contributed by atoms with E-state index in [0.29, 0.717) is 11.4 Å². The topological polar surface area (TPSA) is 75.8 Å². The Hall–Kier alpha value is -1.39. The number of rotatable bonds is 5. The van der Waals surface area contributed by atoms with Crippen LogP contribution < -0.4 is 5.73 Å². The molecule has 0 bridgehead atoms. The van der Waals surface area contributed by atoms with Crippen LogP contribution in [0.2, 0.25) is 0 Å². The van der Waals surface area contributed by atoms with E-state index < -0.39 is 6.10 Å². The second-order valence-corrected chi connectivity index (χ2v) is 5.48. The van der Waals surface area contributed by atoms with Crippen molar-refractivity contribution in [1.29, 1.82) is 0 Å². The molecule has 3 N–H and O–H groups in total. The summed E-state index contributed by atoms with van der Waals surface area (Å²) in [5.74, 6) is 5.60. The fraction of sp³-hybridized carbons (Fsp3) is 0.500. The lowest BCUT2D eigenvalue weighted by Gasteiger charge is -2.19. The molecule has 1 atom stereocenters. The maximum Gasteiger partial charge on any atom is 0.263 e. The van der Waals surface area contributed by atoms with Crippen molar-refractivity contribution in [3.05, 3.63) is 21.4 Å². The number of ether oxygens (including phenoxy) is 1. The Kier molecular flexibility index (Phi) is 6.68. The second-order valence-electron chi connectivity index (χ2n) is 4.42. The lowest BCUT2D eigenvalue weighted by molar-refractivity contribution is 0.0382. The molecule has 1 aromatic heterocycles. The third kappa shape index (κ3) is 4.62. The van der Waals surface area contributed by atoms with E-state index >= 15 is 0 Å². The quantitative estimate of drug-likeness (QED) is 0.773. The van der Waals surface area contributed by atoms with Gasteiger partial charge in [0.25, 0.3) is 5.91 Å². The molecule has 110 valence electrons. The second kappa shape index (κ2) is 8.02. The van der Waals surface area contributed by atoms with Crippen LogP contribution in [-0.4, -0.2) is 55.9 Å². The number of carbonyl (C=O) groups is 1. The number of hydrogen-bond donors (Lipinski definition) is 2. The number of aryl methyl sites for hydroxylation is 1. The summed E-state index contributed by atoms with van der Waals surface area (Å²) in [7, 11) is 3.16. The third-order valence-corrected chi connectivity index (χ3v) is 3.76. The van der Waals surface area contributed by atoms with E-state index in [4.69, 9.17) is 10.5 Å². The average molecular weight is 296 g/mol. The number of amides is 1. The molecule has 0 saturated heterocycles. The van der Waals surface area contributed by atoms with Crippen molar-refractivity contribution in [2.24, 2.45) is 5.73 Å². The van der Waals surface area contributed by atoms with Crippen LogP contribution in [0.1, 0.15) is 20.1 Å². The summed E-state index contributed by atoms with van der Waals surface area (Å²) in [5.41, 5.74) is 6.30. The van der Waals surface area contributed by atoms with Gasteiger partial charge in [0.1, 0.15) is 0 Å². The third-order valence-electron chi connectivity index (χ3n) is 2.62. The van der Waals surface area contributed by atoms with Gasteiger partial charge in [-0.25, -0.2) is 0 Å². The molecule has 6 heteroatoms. The lowest BCUT2D eigenvalue weighted by Crippen LogP contribution is -2.35. The summed E-state index contributed by atoms with van der Waals surface area (Å²) in [6.07, 6.45) is -0.688. The molecule has 0 radical (unpaired) electrons. The van der Waals surface area contributed by atoms with Gasteiger partial charge in [0, 0.05) is 20.7 Å². The van der Waals surface area contributed by atoms with Crippen molar-refractivity contribution < 1.29 is 14.6 Å². The molecule has 0 aliphatic carbocycles. The van der Waals surface area contributed by atoms with Crippen LogP contribution in [-0.2, 0) is 4.74 Å². The predicted molar refractivity (Wildman–Crippen MR) is 79.8 cm³/mol. The minimum absolute atomic E-state index is 0.131. The van der Waals surface area contributed by atoms with Crippen LogP contribution >= 0.6 is 11.3 Å². The van der Waals surface area contributed by atoms with Crippen LogP contribution in [0.25, 0.3) is 0 Å². The molecule has 1 unspecified atom stereocenters. The van der Waals surface area contributed by atoms with Crippen LogP contribution in [0.15, 0.2) is 6.07 Å². The Balaban J connectivity index is 2.77. The number of aliphatic hydroxyl groups is 1. The molecule has 20 heavy (non-hydrogen) atoms. The van der Waals surface area contributed by atoms with E-state index in [-0.39, 0.29) is 19.1 Å². The number of likely N-dealkylation sites (N-methyl/N-ethyl adjacent to an activating group) is 1. The number of aliphatic hydroxyl groups excluding tert-OH is 1. The summed E-state index contributed by atoms with van der Waals surface area (Å²) >= 11 is 1.34. The fourth-order valence-corrected chi connectivity index (χ4v) is 2.72. The first-order chi connectivity index (χ1) is 9.49. The first-order valence-electron chi connectivity index (χ1n) is 6.21. The van der Waals surface area contributed by atoms with E-state index in [1.807, 2.05) is 13.0 Å². The molecule has 0 spiro atoms. The molecule has 0 aliphatic rings. The van der Waals surface area contributed by atoms with Gasteiger partial charge in [-0.15, -0.1) is 11.3 Å². The zero-order chi connectivity index (χ0) is 15.1. The van der Waals surface area contributed by atoms with Crippen LogP contribution in [0.4, 0.5) is 0 Å². The molecule has 1 rings (SSSR count). The monoisotopic (exact) mass is 296 g/mol. The normalized spacial score (nSPS) is 11.7. The summed E-state index contributed by atoms with van der Waals surface area (Å²) in [6.45, 7) is 2.64. The molecule has 0 fully saturated rings. The first kappa shape index (κ1) is 16.7. The number of nitrogens with zero attached hydrogens (tertiary/aromatic N) is 1. The van der Waals surface area contributed by atoms with Crippen molar-refractivity contribution in [2.45, 2.75) is 13.0 Å². The number of thiophene rings is 1. The van der Waals surface area contributed by atoms with Crippen molar-refractivity contribution in [2.75, 3.05) is 33.9 Å². The standard InChI is InChI=1S/C14H20N2O3S/c1-10-7-13(20-12(10)5-4-6-15)14(18)16(2)8-11(17)9-19-3/h7,11,17H,6,8-9,15H2,1-3H3. The first-order valence-corrected chi connectivity index (χ1v) is 7.03. The van der Waals surface area contributed by atoms with Gasteiger partial charge in [0.15, 0.2) is 0 Å². The highest BCUT2D eigenvalue weighted by Crippen LogP contribution is 2.22. The number of methoxy groups -OCH3 is 1. The van der Waals surface area contributed by atoms with E-state index in [0.717, 1.165) is 10.4 Å². The Labute approximate surface area is 123 Å². The van der Waals surface area contributed by atoms with Gasteiger partial charge in [-0.1, -0.05) is 11.8 Å². The zero-order valence-corrected chi connectivity index (χ0v) is 12.8. The molecular formula is C14H20N2O3S. The summed E-state index contributed by atoms with van der Waals surface area (Å²) in [5, 5.41) is 9.64. The maximum absolute atomic E-state index is 12.2. The van der Waals surface area contributed by atoms with Gasteiger partial charge in [0.2, 0.25) is 0 Å². The molecule has 1 heterocycles. The summed E-state index contributed by atoms with van der Waals surface area (Å²) in [4.78, 5) is 15.2. The SMILES string of the molecule is COCC(O)CN(C)C(=O)c1cc(C)c(C#CCN)s1. The minimum Gasteiger partial charge on any atom is -0.389 e. The molecule has 0 saturated carbocycles. The molecular weight excluding hydrogens is 276 g/mol. The highest BCUT2D eigenvalue weighted by Gasteiger charge is 2.18. The smallest absolute Gasteiger partial charge is 0.263 e. The van der Waals surface area contributed by atoms with Crippen LogP contribution in [0.3, 0.4) is 0 Å². The predicted octanol–water partition coefficient (Wildman–Crippen LogP) is 0.446. The molecule has 1 aromatic rings. The summed E-state index contributed by atoms with van der Waals surface area (Å²) in [6, 6.07) is 1.81. The zero-order valence-electron chi connectivity index (χ0n) is 12.0. The van der Waals surface area contributed by atoms with Gasteiger partial charge < -0.3 is 20.5 Å². The number of carbonyl (C=O) groups excluding carboxylic acids is 1. The van der Waals surface area contributed by atoms with E-state index in [1.165, 1.54) is 23.3 Å². The Bertz CT molecular complexity index is 516. The fourth-order valence-electron chi connectivity index (χ4n) is 1.68. The molecule has 5 nitrogen and oxygen atoms in total.